The van der Waals surface area contributed by atoms with Crippen molar-refractivity contribution in [3.8, 4) is 0 Å². The summed E-state index contributed by atoms with van der Waals surface area (Å²) in [5.41, 5.74) is 8.92. The van der Waals surface area contributed by atoms with Gasteiger partial charge in [-0.15, -0.1) is 0 Å². The summed E-state index contributed by atoms with van der Waals surface area (Å²) in [6.45, 7) is 4.16. The third kappa shape index (κ3) is 2.74. The van der Waals surface area contributed by atoms with Gasteiger partial charge in [0.2, 0.25) is 0 Å². The minimum Gasteiger partial charge on any atom is -0.396 e. The third-order valence-corrected chi connectivity index (χ3v) is 3.11. The van der Waals surface area contributed by atoms with E-state index in [1.165, 1.54) is 11.1 Å². The Labute approximate surface area is 112 Å². The molecule has 0 saturated heterocycles. The zero-order valence-electron chi connectivity index (χ0n) is 10.4. The highest BCUT2D eigenvalue weighted by atomic mass is 35.5. The Bertz CT molecular complexity index is 554. The largest absolute Gasteiger partial charge is 0.396 e. The molecule has 3 N–H and O–H groups in total. The first kappa shape index (κ1) is 12.7. The van der Waals surface area contributed by atoms with Gasteiger partial charge in [0.1, 0.15) is 5.15 Å². The summed E-state index contributed by atoms with van der Waals surface area (Å²) in [7, 11) is 0. The van der Waals surface area contributed by atoms with Gasteiger partial charge in [-0.05, 0) is 37.1 Å². The molecule has 0 aliphatic rings. The first-order valence-electron chi connectivity index (χ1n) is 5.82. The highest BCUT2D eigenvalue weighted by Gasteiger charge is 2.10. The smallest absolute Gasteiger partial charge is 0.151 e. The maximum absolute atomic E-state index is 5.87. The molecule has 1 aromatic heterocycles. The molecule has 3 nitrogen and oxygen atoms in total. The summed E-state index contributed by atoms with van der Waals surface area (Å²) in [4.78, 5) is 4.20. The molecule has 4 heteroatoms. The quantitative estimate of drug-likeness (QED) is 0.827. The van der Waals surface area contributed by atoms with E-state index in [1.807, 2.05) is 12.1 Å². The van der Waals surface area contributed by atoms with Crippen LogP contribution in [0.3, 0.4) is 0 Å². The Morgan fingerprint density at radius 3 is 2.67 bits per heavy atom. The lowest BCUT2D eigenvalue weighted by molar-refractivity contribution is 0.866. The standard InChI is InChI=1S/C14H16ClN3/c1-9-5-3-4-6-11(9)10(2)17-14-12(16)7-8-13(15)18-14/h3-8,10H,16H2,1-2H3,(H,17,18). The van der Waals surface area contributed by atoms with Gasteiger partial charge in [0.25, 0.3) is 0 Å². The number of benzene rings is 1. The summed E-state index contributed by atoms with van der Waals surface area (Å²) >= 11 is 5.87. The summed E-state index contributed by atoms with van der Waals surface area (Å²) in [6.07, 6.45) is 0. The highest BCUT2D eigenvalue weighted by Crippen LogP contribution is 2.25. The Morgan fingerprint density at radius 1 is 1.22 bits per heavy atom. The maximum Gasteiger partial charge on any atom is 0.151 e. The predicted molar refractivity (Wildman–Crippen MR) is 76.9 cm³/mol. The van der Waals surface area contributed by atoms with E-state index in [1.54, 1.807) is 12.1 Å². The van der Waals surface area contributed by atoms with Crippen LogP contribution in [0.1, 0.15) is 24.1 Å². The first-order chi connectivity index (χ1) is 8.58. The van der Waals surface area contributed by atoms with Crippen LogP contribution >= 0.6 is 11.6 Å². The molecule has 94 valence electrons. The van der Waals surface area contributed by atoms with Crippen molar-refractivity contribution in [2.45, 2.75) is 19.9 Å². The van der Waals surface area contributed by atoms with Crippen molar-refractivity contribution in [2.24, 2.45) is 0 Å². The number of nitrogens with two attached hydrogens (primary N) is 1. The summed E-state index contributed by atoms with van der Waals surface area (Å²) < 4.78 is 0. The number of pyridine rings is 1. The van der Waals surface area contributed by atoms with Crippen molar-refractivity contribution in [1.29, 1.82) is 0 Å². The summed E-state index contributed by atoms with van der Waals surface area (Å²) in [6, 6.07) is 11.8. The molecule has 0 saturated carbocycles. The van der Waals surface area contributed by atoms with Gasteiger partial charge in [-0.3, -0.25) is 0 Å². The molecule has 0 bridgehead atoms. The second-order valence-electron chi connectivity index (χ2n) is 4.29. The summed E-state index contributed by atoms with van der Waals surface area (Å²) in [5, 5.41) is 3.72. The van der Waals surface area contributed by atoms with Crippen molar-refractivity contribution < 1.29 is 0 Å². The fraction of sp³-hybridized carbons (Fsp3) is 0.214. The Balaban J connectivity index is 2.24. The lowest BCUT2D eigenvalue weighted by Gasteiger charge is -2.18. The van der Waals surface area contributed by atoms with Crippen LogP contribution in [0.4, 0.5) is 11.5 Å². The van der Waals surface area contributed by atoms with E-state index < -0.39 is 0 Å². The zero-order valence-corrected chi connectivity index (χ0v) is 11.2. The molecule has 0 aliphatic carbocycles. The number of nitrogen functional groups attached to an aromatic ring is 1. The van der Waals surface area contributed by atoms with Crippen molar-refractivity contribution in [3.63, 3.8) is 0 Å². The Hall–Kier alpha value is -1.74. The van der Waals surface area contributed by atoms with Crippen molar-refractivity contribution in [1.82, 2.24) is 4.98 Å². The lowest BCUT2D eigenvalue weighted by atomic mass is 10.0. The third-order valence-electron chi connectivity index (χ3n) is 2.90. The van der Waals surface area contributed by atoms with Crippen LogP contribution in [0, 0.1) is 6.92 Å². The molecular weight excluding hydrogens is 246 g/mol. The molecule has 1 heterocycles. The van der Waals surface area contributed by atoms with Gasteiger partial charge >= 0.3 is 0 Å². The number of aromatic nitrogens is 1. The Morgan fingerprint density at radius 2 is 1.94 bits per heavy atom. The van der Waals surface area contributed by atoms with Gasteiger partial charge in [0.05, 0.1) is 11.7 Å². The normalized spacial score (nSPS) is 12.2. The minimum absolute atomic E-state index is 0.125. The number of rotatable bonds is 3. The average molecular weight is 262 g/mol. The van der Waals surface area contributed by atoms with Crippen LogP contribution in [0.25, 0.3) is 0 Å². The topological polar surface area (TPSA) is 50.9 Å². The molecule has 0 amide bonds. The lowest BCUT2D eigenvalue weighted by Crippen LogP contribution is -2.11. The molecule has 0 fully saturated rings. The van der Waals surface area contributed by atoms with Crippen LogP contribution < -0.4 is 11.1 Å². The first-order valence-corrected chi connectivity index (χ1v) is 6.20. The average Bonchev–Trinajstić information content (AvgIpc) is 2.34. The van der Waals surface area contributed by atoms with E-state index in [4.69, 9.17) is 17.3 Å². The van der Waals surface area contributed by atoms with Gasteiger partial charge < -0.3 is 11.1 Å². The molecule has 2 rings (SSSR count). The van der Waals surface area contributed by atoms with Gasteiger partial charge in [-0.25, -0.2) is 4.98 Å². The van der Waals surface area contributed by atoms with Gasteiger partial charge in [-0.2, -0.15) is 0 Å². The summed E-state index contributed by atoms with van der Waals surface area (Å²) in [5.74, 6) is 0.623. The fourth-order valence-electron chi connectivity index (χ4n) is 1.92. The number of halogens is 1. The second kappa shape index (κ2) is 5.27. The van der Waals surface area contributed by atoms with E-state index in [0.29, 0.717) is 16.7 Å². The molecule has 0 radical (unpaired) electrons. The van der Waals surface area contributed by atoms with Crippen LogP contribution in [0.2, 0.25) is 5.15 Å². The minimum atomic E-state index is 0.125. The van der Waals surface area contributed by atoms with E-state index in [9.17, 15) is 0 Å². The van der Waals surface area contributed by atoms with E-state index in [-0.39, 0.29) is 6.04 Å². The molecular formula is C14H16ClN3. The number of aryl methyl sites for hydroxylation is 1. The molecule has 0 spiro atoms. The number of hydrogen-bond donors (Lipinski definition) is 2. The van der Waals surface area contributed by atoms with Crippen molar-refractivity contribution in [3.05, 3.63) is 52.7 Å². The van der Waals surface area contributed by atoms with Crippen molar-refractivity contribution >= 4 is 23.1 Å². The van der Waals surface area contributed by atoms with Gasteiger partial charge in [0.15, 0.2) is 5.82 Å². The highest BCUT2D eigenvalue weighted by molar-refractivity contribution is 6.29. The van der Waals surface area contributed by atoms with Gasteiger partial charge in [0, 0.05) is 0 Å². The van der Waals surface area contributed by atoms with Crippen LogP contribution in [0.5, 0.6) is 0 Å². The number of nitrogens with one attached hydrogen (secondary N) is 1. The van der Waals surface area contributed by atoms with E-state index in [0.717, 1.165) is 0 Å². The zero-order chi connectivity index (χ0) is 13.1. The van der Waals surface area contributed by atoms with Crippen LogP contribution in [-0.4, -0.2) is 4.98 Å². The molecule has 1 unspecified atom stereocenters. The number of nitrogens with zero attached hydrogens (tertiary/aromatic N) is 1. The Kier molecular flexibility index (Phi) is 3.72. The molecule has 1 aromatic carbocycles. The van der Waals surface area contributed by atoms with E-state index >= 15 is 0 Å². The number of hydrogen-bond acceptors (Lipinski definition) is 3. The maximum atomic E-state index is 5.87. The molecule has 18 heavy (non-hydrogen) atoms. The molecule has 0 aliphatic heterocycles. The SMILES string of the molecule is Cc1ccccc1C(C)Nc1nc(Cl)ccc1N. The number of anilines is 2. The van der Waals surface area contributed by atoms with Gasteiger partial charge in [-0.1, -0.05) is 35.9 Å². The predicted octanol–water partition coefficient (Wildman–Crippen LogP) is 3.80. The second-order valence-corrected chi connectivity index (χ2v) is 4.68. The van der Waals surface area contributed by atoms with Crippen LogP contribution in [0.15, 0.2) is 36.4 Å². The monoisotopic (exact) mass is 261 g/mol. The molecule has 1 atom stereocenters. The van der Waals surface area contributed by atoms with Crippen LogP contribution in [-0.2, 0) is 0 Å². The van der Waals surface area contributed by atoms with E-state index in [2.05, 4.69) is 36.3 Å². The fourth-order valence-corrected chi connectivity index (χ4v) is 2.06. The molecule has 2 aromatic rings. The van der Waals surface area contributed by atoms with Crippen molar-refractivity contribution in [2.75, 3.05) is 11.1 Å².